The van der Waals surface area contributed by atoms with Crippen LogP contribution in [0.5, 0.6) is 5.75 Å². The summed E-state index contributed by atoms with van der Waals surface area (Å²) >= 11 is 11.4. The van der Waals surface area contributed by atoms with E-state index in [1.807, 2.05) is 36.2 Å². The zero-order chi connectivity index (χ0) is 19.8. The molecule has 0 unspecified atom stereocenters. The van der Waals surface area contributed by atoms with Crippen LogP contribution in [0.4, 0.5) is 11.5 Å². The van der Waals surface area contributed by atoms with Crippen molar-refractivity contribution in [3.63, 3.8) is 0 Å². The van der Waals surface area contributed by atoms with Gasteiger partial charge in [0.15, 0.2) is 0 Å². The fourth-order valence-electron chi connectivity index (χ4n) is 3.22. The number of phenolic OH excluding ortho intramolecular Hbond substituents is 1. The maximum atomic E-state index is 9.61. The average Bonchev–Trinajstić information content (AvgIpc) is 3.06. The van der Waals surface area contributed by atoms with E-state index < -0.39 is 0 Å². The molecule has 2 aromatic carbocycles. The number of hydrogen-bond donors (Lipinski definition) is 1. The van der Waals surface area contributed by atoms with Crippen molar-refractivity contribution in [2.24, 2.45) is 0 Å². The molecule has 4 rings (SSSR count). The second kappa shape index (κ2) is 7.70. The molecule has 0 atom stereocenters. The molecular weight excluding hydrogens is 458 g/mol. The maximum absolute atomic E-state index is 9.61. The third-order valence-corrected chi connectivity index (χ3v) is 6.51. The van der Waals surface area contributed by atoms with E-state index >= 15 is 0 Å². The molecule has 2 heterocycles. The summed E-state index contributed by atoms with van der Waals surface area (Å²) in [5, 5.41) is 10.8. The molecule has 7 heteroatoms. The van der Waals surface area contributed by atoms with Crippen molar-refractivity contribution in [2.75, 3.05) is 11.9 Å². The number of nitrogens with zero attached hydrogens (tertiary/aromatic N) is 3. The number of aromatic nitrogens is 2. The standard InChI is InChI=1S/C21H17BrClN3OS/c1-3-16-17(12-4-6-13(22)7-5-12)18-19(24-21(23)25-20(18)28-16)26(2)14-8-10-15(27)11-9-14/h4-11,27H,3H2,1-2H3. The van der Waals surface area contributed by atoms with Crippen molar-refractivity contribution in [3.8, 4) is 16.9 Å². The lowest BCUT2D eigenvalue weighted by atomic mass is 10.0. The molecular formula is C21H17BrClN3OS. The van der Waals surface area contributed by atoms with Crippen LogP contribution in [0.15, 0.2) is 53.0 Å². The number of benzene rings is 2. The third kappa shape index (κ3) is 3.48. The van der Waals surface area contributed by atoms with Gasteiger partial charge in [-0.3, -0.25) is 0 Å². The van der Waals surface area contributed by atoms with Crippen LogP contribution in [0.25, 0.3) is 21.3 Å². The van der Waals surface area contributed by atoms with Gasteiger partial charge in [0.1, 0.15) is 16.4 Å². The Morgan fingerprint density at radius 1 is 1.07 bits per heavy atom. The molecule has 0 bridgehead atoms. The summed E-state index contributed by atoms with van der Waals surface area (Å²) in [5.41, 5.74) is 3.17. The minimum Gasteiger partial charge on any atom is -0.508 e. The van der Waals surface area contributed by atoms with Crippen LogP contribution in [0.3, 0.4) is 0 Å². The largest absolute Gasteiger partial charge is 0.508 e. The van der Waals surface area contributed by atoms with Crippen molar-refractivity contribution in [3.05, 3.63) is 63.2 Å². The van der Waals surface area contributed by atoms with Gasteiger partial charge in [-0.25, -0.2) is 4.98 Å². The van der Waals surface area contributed by atoms with Crippen LogP contribution in [0, 0.1) is 0 Å². The molecule has 142 valence electrons. The zero-order valence-corrected chi connectivity index (χ0v) is 18.4. The second-order valence-electron chi connectivity index (χ2n) is 6.33. The quantitative estimate of drug-likeness (QED) is 0.330. The Kier molecular flexibility index (Phi) is 5.27. The van der Waals surface area contributed by atoms with Crippen LogP contribution in [-0.4, -0.2) is 22.1 Å². The fraction of sp³-hybridized carbons (Fsp3) is 0.143. The number of rotatable bonds is 4. The molecule has 1 N–H and O–H groups in total. The number of fused-ring (bicyclic) bond motifs is 1. The van der Waals surface area contributed by atoms with Gasteiger partial charge in [0.25, 0.3) is 0 Å². The smallest absolute Gasteiger partial charge is 0.225 e. The summed E-state index contributed by atoms with van der Waals surface area (Å²) in [6.07, 6.45) is 0.895. The Balaban J connectivity index is 1.99. The first kappa shape index (κ1) is 19.2. The number of halogens is 2. The van der Waals surface area contributed by atoms with E-state index in [1.54, 1.807) is 23.5 Å². The van der Waals surface area contributed by atoms with Gasteiger partial charge in [-0.2, -0.15) is 4.98 Å². The summed E-state index contributed by atoms with van der Waals surface area (Å²) in [7, 11) is 1.94. The highest BCUT2D eigenvalue weighted by atomic mass is 79.9. The van der Waals surface area contributed by atoms with E-state index in [0.717, 1.165) is 43.7 Å². The normalized spacial score (nSPS) is 11.1. The van der Waals surface area contributed by atoms with Gasteiger partial charge in [-0.15, -0.1) is 11.3 Å². The van der Waals surface area contributed by atoms with E-state index in [0.29, 0.717) is 0 Å². The van der Waals surface area contributed by atoms with Crippen LogP contribution in [-0.2, 0) is 6.42 Å². The van der Waals surface area contributed by atoms with Crippen molar-refractivity contribution in [1.29, 1.82) is 0 Å². The Labute approximate surface area is 180 Å². The predicted octanol–water partition coefficient (Wildman–Crippen LogP) is 6.81. The minimum absolute atomic E-state index is 0.222. The number of hydrogen-bond acceptors (Lipinski definition) is 5. The molecule has 0 aliphatic heterocycles. The van der Waals surface area contributed by atoms with E-state index in [1.165, 1.54) is 4.88 Å². The highest BCUT2D eigenvalue weighted by molar-refractivity contribution is 9.10. The van der Waals surface area contributed by atoms with E-state index in [9.17, 15) is 5.11 Å². The van der Waals surface area contributed by atoms with Gasteiger partial charge in [0, 0.05) is 27.6 Å². The molecule has 28 heavy (non-hydrogen) atoms. The molecule has 0 radical (unpaired) electrons. The second-order valence-corrected chi connectivity index (χ2v) is 8.67. The highest BCUT2D eigenvalue weighted by Crippen LogP contribution is 2.44. The molecule has 0 amide bonds. The predicted molar refractivity (Wildman–Crippen MR) is 121 cm³/mol. The monoisotopic (exact) mass is 473 g/mol. The van der Waals surface area contributed by atoms with Crippen molar-refractivity contribution < 1.29 is 5.11 Å². The Bertz CT molecular complexity index is 1140. The van der Waals surface area contributed by atoms with Crippen LogP contribution >= 0.6 is 38.9 Å². The average molecular weight is 475 g/mol. The van der Waals surface area contributed by atoms with E-state index in [4.69, 9.17) is 11.6 Å². The molecule has 4 aromatic rings. The molecule has 0 spiro atoms. The van der Waals surface area contributed by atoms with Gasteiger partial charge in [0.2, 0.25) is 5.28 Å². The molecule has 0 saturated carbocycles. The summed E-state index contributed by atoms with van der Waals surface area (Å²) in [6.45, 7) is 2.14. The van der Waals surface area contributed by atoms with Crippen LogP contribution in [0.2, 0.25) is 5.28 Å². The van der Waals surface area contributed by atoms with Gasteiger partial charge in [0.05, 0.1) is 5.39 Å². The SMILES string of the molecule is CCc1sc2nc(Cl)nc(N(C)c3ccc(O)cc3)c2c1-c1ccc(Br)cc1. The number of thiophene rings is 1. The first-order valence-corrected chi connectivity index (χ1v) is 10.7. The van der Waals surface area contributed by atoms with Crippen molar-refractivity contribution in [1.82, 2.24) is 9.97 Å². The topological polar surface area (TPSA) is 49.2 Å². The minimum atomic E-state index is 0.222. The molecule has 0 aliphatic carbocycles. The maximum Gasteiger partial charge on any atom is 0.225 e. The van der Waals surface area contributed by atoms with Crippen molar-refractivity contribution in [2.45, 2.75) is 13.3 Å². The zero-order valence-electron chi connectivity index (χ0n) is 15.3. The van der Waals surface area contributed by atoms with Gasteiger partial charge >= 0.3 is 0 Å². The molecule has 0 aliphatic rings. The number of phenols is 1. The highest BCUT2D eigenvalue weighted by Gasteiger charge is 2.22. The van der Waals surface area contributed by atoms with Crippen molar-refractivity contribution >= 4 is 60.6 Å². The Morgan fingerprint density at radius 3 is 2.39 bits per heavy atom. The molecule has 2 aromatic heterocycles. The first-order chi connectivity index (χ1) is 13.5. The molecule has 0 saturated heterocycles. The Hall–Kier alpha value is -2.15. The summed E-state index contributed by atoms with van der Waals surface area (Å²) in [6, 6.07) is 15.3. The van der Waals surface area contributed by atoms with Crippen LogP contribution in [0.1, 0.15) is 11.8 Å². The lowest BCUT2D eigenvalue weighted by Gasteiger charge is -2.20. The van der Waals surface area contributed by atoms with E-state index in [2.05, 4.69) is 45.0 Å². The number of anilines is 2. The van der Waals surface area contributed by atoms with Crippen LogP contribution < -0.4 is 4.90 Å². The lowest BCUT2D eigenvalue weighted by molar-refractivity contribution is 0.475. The third-order valence-electron chi connectivity index (χ3n) is 4.59. The molecule has 4 nitrogen and oxygen atoms in total. The number of aromatic hydroxyl groups is 1. The lowest BCUT2D eigenvalue weighted by Crippen LogP contribution is -2.12. The molecule has 0 fully saturated rings. The van der Waals surface area contributed by atoms with E-state index in [-0.39, 0.29) is 11.0 Å². The fourth-order valence-corrected chi connectivity index (χ4v) is 4.82. The number of aryl methyl sites for hydroxylation is 1. The van der Waals surface area contributed by atoms with Gasteiger partial charge in [-0.1, -0.05) is 35.0 Å². The Morgan fingerprint density at radius 2 is 1.75 bits per heavy atom. The first-order valence-electron chi connectivity index (χ1n) is 8.75. The summed E-state index contributed by atoms with van der Waals surface area (Å²) in [4.78, 5) is 13.2. The van der Waals surface area contributed by atoms with Gasteiger partial charge in [-0.05, 0) is 60.0 Å². The van der Waals surface area contributed by atoms with Gasteiger partial charge < -0.3 is 10.0 Å². The summed E-state index contributed by atoms with van der Waals surface area (Å²) in [5.74, 6) is 0.969. The summed E-state index contributed by atoms with van der Waals surface area (Å²) < 4.78 is 1.04.